The zero-order valence-corrected chi connectivity index (χ0v) is 13.8. The van der Waals surface area contributed by atoms with Gasteiger partial charge in [0.05, 0.1) is 12.8 Å². The molecular weight excluding hydrogens is 354 g/mol. The second-order valence-electron chi connectivity index (χ2n) is 5.88. The summed E-state index contributed by atoms with van der Waals surface area (Å²) in [6, 6.07) is 2.16. The first-order chi connectivity index (χ1) is 12.3. The van der Waals surface area contributed by atoms with Crippen LogP contribution in [0.5, 0.6) is 0 Å². The van der Waals surface area contributed by atoms with Gasteiger partial charge in [0.25, 0.3) is 5.92 Å². The summed E-state index contributed by atoms with van der Waals surface area (Å²) in [5, 5.41) is 0. The van der Waals surface area contributed by atoms with Crippen molar-refractivity contribution in [3.63, 3.8) is 0 Å². The zero-order chi connectivity index (χ0) is 18.9. The first kappa shape index (κ1) is 18.1. The van der Waals surface area contributed by atoms with Crippen molar-refractivity contribution >= 4 is 11.7 Å². The minimum absolute atomic E-state index is 0.0156. The van der Waals surface area contributed by atoms with Gasteiger partial charge in [0.15, 0.2) is 17.3 Å². The van der Waals surface area contributed by atoms with E-state index in [1.165, 1.54) is 23.4 Å². The quantitative estimate of drug-likeness (QED) is 0.613. The number of alkyl halides is 2. The van der Waals surface area contributed by atoms with Crippen LogP contribution in [0.15, 0.2) is 24.5 Å². The van der Waals surface area contributed by atoms with Crippen LogP contribution < -0.4 is 4.90 Å². The molecule has 1 aromatic heterocycles. The van der Waals surface area contributed by atoms with Crippen molar-refractivity contribution in [3.05, 3.63) is 41.9 Å². The molecule has 1 aliphatic rings. The summed E-state index contributed by atoms with van der Waals surface area (Å²) in [5.74, 6) is -5.90. The van der Waals surface area contributed by atoms with E-state index in [1.807, 2.05) is 0 Å². The molecule has 0 bridgehead atoms. The highest BCUT2D eigenvalue weighted by Gasteiger charge is 2.35. The Morgan fingerprint density at radius 3 is 2.46 bits per heavy atom. The van der Waals surface area contributed by atoms with Gasteiger partial charge in [0.1, 0.15) is 5.69 Å². The molecule has 26 heavy (non-hydrogen) atoms. The first-order valence-corrected chi connectivity index (χ1v) is 7.84. The van der Waals surface area contributed by atoms with E-state index >= 15 is 0 Å². The van der Waals surface area contributed by atoms with Crippen LogP contribution in [0.3, 0.4) is 0 Å². The molecule has 0 atom stereocenters. The molecule has 1 fully saturated rings. The second kappa shape index (κ2) is 6.89. The van der Waals surface area contributed by atoms with Crippen molar-refractivity contribution in [3.8, 4) is 11.3 Å². The van der Waals surface area contributed by atoms with Gasteiger partial charge >= 0.3 is 5.97 Å². The summed E-state index contributed by atoms with van der Waals surface area (Å²) in [4.78, 5) is 21.1. The van der Waals surface area contributed by atoms with Gasteiger partial charge in [-0.05, 0) is 12.1 Å². The summed E-state index contributed by atoms with van der Waals surface area (Å²) in [6.07, 6.45) is 1.67. The topological polar surface area (TPSA) is 55.3 Å². The van der Waals surface area contributed by atoms with Gasteiger partial charge in [-0.3, -0.25) is 4.98 Å². The van der Waals surface area contributed by atoms with E-state index in [0.29, 0.717) is 0 Å². The molecule has 0 unspecified atom stereocenters. The van der Waals surface area contributed by atoms with Crippen molar-refractivity contribution in [2.24, 2.45) is 0 Å². The lowest BCUT2D eigenvalue weighted by Crippen LogP contribution is -2.39. The summed E-state index contributed by atoms with van der Waals surface area (Å²) in [7, 11) is 1.16. The highest BCUT2D eigenvalue weighted by atomic mass is 19.3. The minimum atomic E-state index is -2.81. The number of nitrogens with zero attached hydrogens (tertiary/aromatic N) is 3. The minimum Gasteiger partial charge on any atom is -0.464 e. The van der Waals surface area contributed by atoms with E-state index in [4.69, 9.17) is 0 Å². The van der Waals surface area contributed by atoms with E-state index in [2.05, 4.69) is 14.7 Å². The molecule has 3 rings (SSSR count). The molecule has 0 aliphatic carbocycles. The Morgan fingerprint density at radius 2 is 1.81 bits per heavy atom. The third-order valence-corrected chi connectivity index (χ3v) is 4.20. The Morgan fingerprint density at radius 1 is 1.15 bits per heavy atom. The van der Waals surface area contributed by atoms with Crippen LogP contribution in [0, 0.1) is 11.6 Å². The van der Waals surface area contributed by atoms with Gasteiger partial charge in [-0.1, -0.05) is 0 Å². The molecule has 0 saturated carbocycles. The number of carbonyl (C=O) groups is 1. The van der Waals surface area contributed by atoms with Crippen LogP contribution in [-0.2, 0) is 4.74 Å². The van der Waals surface area contributed by atoms with Crippen LogP contribution in [0.25, 0.3) is 11.3 Å². The van der Waals surface area contributed by atoms with Gasteiger partial charge in [-0.15, -0.1) is 0 Å². The second-order valence-corrected chi connectivity index (χ2v) is 5.88. The van der Waals surface area contributed by atoms with Crippen LogP contribution >= 0.6 is 0 Å². The number of hydrogen-bond donors (Lipinski definition) is 0. The Bertz CT molecular complexity index is 835. The highest BCUT2D eigenvalue weighted by molar-refractivity contribution is 5.94. The summed E-state index contributed by atoms with van der Waals surface area (Å²) in [5.41, 5.74) is -0.194. The van der Waals surface area contributed by atoms with E-state index < -0.39 is 36.4 Å². The average molecular weight is 369 g/mol. The largest absolute Gasteiger partial charge is 0.464 e. The molecule has 1 aliphatic heterocycles. The van der Waals surface area contributed by atoms with Crippen molar-refractivity contribution in [2.75, 3.05) is 25.1 Å². The highest BCUT2D eigenvalue weighted by Crippen LogP contribution is 2.35. The number of aromatic nitrogens is 2. The number of hydrogen-bond acceptors (Lipinski definition) is 5. The number of halogens is 4. The summed E-state index contributed by atoms with van der Waals surface area (Å²) >= 11 is 0. The van der Waals surface area contributed by atoms with Crippen LogP contribution in [0.1, 0.15) is 23.3 Å². The number of rotatable bonds is 3. The molecule has 138 valence electrons. The third kappa shape index (κ3) is 3.47. The van der Waals surface area contributed by atoms with Gasteiger partial charge < -0.3 is 9.64 Å². The molecule has 5 nitrogen and oxygen atoms in total. The van der Waals surface area contributed by atoms with E-state index in [9.17, 15) is 22.4 Å². The number of piperidine rings is 1. The monoisotopic (exact) mass is 369 g/mol. The number of ether oxygens (including phenoxy) is 1. The molecule has 1 aromatic carbocycles. The Kier molecular flexibility index (Phi) is 4.80. The predicted molar refractivity (Wildman–Crippen MR) is 85.1 cm³/mol. The smallest absolute Gasteiger partial charge is 0.358 e. The molecule has 0 radical (unpaired) electrons. The number of benzene rings is 1. The molecule has 0 amide bonds. The molecule has 2 aromatic rings. The fourth-order valence-electron chi connectivity index (χ4n) is 2.81. The van der Waals surface area contributed by atoms with Crippen LogP contribution in [0.4, 0.5) is 23.2 Å². The van der Waals surface area contributed by atoms with Gasteiger partial charge in [0.2, 0.25) is 0 Å². The number of methoxy groups -OCH3 is 1. The Hall–Kier alpha value is -2.71. The van der Waals surface area contributed by atoms with Gasteiger partial charge in [0, 0.05) is 43.9 Å². The fourth-order valence-corrected chi connectivity index (χ4v) is 2.81. The van der Waals surface area contributed by atoms with Crippen LogP contribution in [-0.4, -0.2) is 42.1 Å². The summed E-state index contributed by atoms with van der Waals surface area (Å²) in [6.45, 7) is -0.228. The van der Waals surface area contributed by atoms with Crippen LogP contribution in [0.2, 0.25) is 0 Å². The van der Waals surface area contributed by atoms with Gasteiger partial charge in [-0.25, -0.2) is 27.3 Å². The van der Waals surface area contributed by atoms with Crippen molar-refractivity contribution < 1.29 is 27.1 Å². The van der Waals surface area contributed by atoms with Crippen molar-refractivity contribution in [2.45, 2.75) is 18.8 Å². The average Bonchev–Trinajstić information content (AvgIpc) is 2.63. The lowest BCUT2D eigenvalue weighted by atomic mass is 10.0. The third-order valence-electron chi connectivity index (χ3n) is 4.20. The predicted octanol–water partition coefficient (Wildman–Crippen LogP) is 3.44. The SMILES string of the molecule is COC(=O)c1nccnc1-c1cc(F)c(F)c(N2CCC(F)(F)CC2)c1. The van der Waals surface area contributed by atoms with Gasteiger partial charge in [-0.2, -0.15) is 0 Å². The normalized spacial score (nSPS) is 16.4. The lowest BCUT2D eigenvalue weighted by Gasteiger charge is -2.33. The molecule has 2 heterocycles. The van der Waals surface area contributed by atoms with Crippen molar-refractivity contribution in [1.29, 1.82) is 0 Å². The maximum Gasteiger partial charge on any atom is 0.358 e. The molecule has 9 heteroatoms. The lowest BCUT2D eigenvalue weighted by molar-refractivity contribution is -0.0221. The molecule has 0 spiro atoms. The summed E-state index contributed by atoms with van der Waals surface area (Å²) < 4.78 is 59.7. The van der Waals surface area contributed by atoms with E-state index in [1.54, 1.807) is 0 Å². The van der Waals surface area contributed by atoms with E-state index in [-0.39, 0.29) is 35.7 Å². The first-order valence-electron chi connectivity index (χ1n) is 7.84. The number of esters is 1. The maximum absolute atomic E-state index is 14.3. The Labute approximate surface area is 146 Å². The van der Waals surface area contributed by atoms with E-state index in [0.717, 1.165) is 13.2 Å². The number of anilines is 1. The maximum atomic E-state index is 14.3. The number of carbonyl (C=O) groups excluding carboxylic acids is 1. The Balaban J connectivity index is 2.04. The fraction of sp³-hybridized carbons (Fsp3) is 0.353. The molecule has 1 saturated heterocycles. The zero-order valence-electron chi connectivity index (χ0n) is 13.8. The molecule has 0 N–H and O–H groups in total. The van der Waals surface area contributed by atoms with Crippen molar-refractivity contribution in [1.82, 2.24) is 9.97 Å². The molecular formula is C17H15F4N3O2. The standard InChI is InChI=1S/C17H15F4N3O2/c1-26-16(25)15-14(22-4-5-23-15)10-8-11(18)13(19)12(9-10)24-6-2-17(20,21)3-7-24/h4-5,8-9H,2-3,6-7H2,1H3.